The molecule has 0 spiro atoms. The summed E-state index contributed by atoms with van der Waals surface area (Å²) in [5, 5.41) is 18.9. The van der Waals surface area contributed by atoms with Gasteiger partial charge in [0.15, 0.2) is 0 Å². The van der Waals surface area contributed by atoms with Crippen LogP contribution in [-0.4, -0.2) is 46.5 Å². The zero-order valence-electron chi connectivity index (χ0n) is 8.12. The van der Waals surface area contributed by atoms with Gasteiger partial charge in [-0.05, 0) is 33.7 Å². The second-order valence-corrected chi connectivity index (χ2v) is 4.44. The number of rotatable bonds is 3. The van der Waals surface area contributed by atoms with Crippen molar-refractivity contribution >= 4 is 0 Å². The maximum atomic E-state index is 9.52. The van der Waals surface area contributed by atoms with Crippen molar-refractivity contribution in [3.05, 3.63) is 0 Å². The molecule has 0 bridgehead atoms. The summed E-state index contributed by atoms with van der Waals surface area (Å²) in [6.07, 6.45) is 1.77. The van der Waals surface area contributed by atoms with Crippen LogP contribution in [0.3, 0.4) is 0 Å². The minimum absolute atomic E-state index is 0.183. The molecule has 0 amide bonds. The highest BCUT2D eigenvalue weighted by atomic mass is 16.3. The van der Waals surface area contributed by atoms with Crippen molar-refractivity contribution in [2.24, 2.45) is 0 Å². The fourth-order valence-electron chi connectivity index (χ4n) is 1.71. The van der Waals surface area contributed by atoms with Crippen molar-refractivity contribution in [2.45, 2.75) is 44.4 Å². The summed E-state index contributed by atoms with van der Waals surface area (Å²) in [6.45, 7) is 4.19. The van der Waals surface area contributed by atoms with Crippen molar-refractivity contribution in [1.82, 2.24) is 4.90 Å². The van der Waals surface area contributed by atoms with E-state index in [1.54, 1.807) is 13.8 Å². The van der Waals surface area contributed by atoms with Crippen molar-refractivity contribution in [3.63, 3.8) is 0 Å². The quantitative estimate of drug-likeness (QED) is 0.641. The molecule has 3 nitrogen and oxygen atoms in total. The molecule has 1 saturated carbocycles. The largest absolute Gasteiger partial charge is 0.391 e. The Kier molecular flexibility index (Phi) is 2.76. The van der Waals surface area contributed by atoms with Gasteiger partial charge < -0.3 is 10.2 Å². The second kappa shape index (κ2) is 3.32. The van der Waals surface area contributed by atoms with Gasteiger partial charge >= 0.3 is 0 Å². The smallest absolute Gasteiger partial charge is 0.0718 e. The summed E-state index contributed by atoms with van der Waals surface area (Å²) in [4.78, 5) is 2.04. The van der Waals surface area contributed by atoms with Crippen molar-refractivity contribution in [1.29, 1.82) is 0 Å². The third-order valence-corrected chi connectivity index (χ3v) is 2.40. The fraction of sp³-hybridized carbons (Fsp3) is 1.00. The van der Waals surface area contributed by atoms with Crippen LogP contribution in [0, 0.1) is 0 Å². The van der Waals surface area contributed by atoms with E-state index in [9.17, 15) is 10.2 Å². The van der Waals surface area contributed by atoms with E-state index >= 15 is 0 Å². The van der Waals surface area contributed by atoms with Crippen LogP contribution in [0.5, 0.6) is 0 Å². The number of hydrogen-bond donors (Lipinski definition) is 2. The van der Waals surface area contributed by atoms with Crippen LogP contribution in [0.4, 0.5) is 0 Å². The molecule has 2 atom stereocenters. The molecule has 1 fully saturated rings. The molecule has 1 aliphatic carbocycles. The highest BCUT2D eigenvalue weighted by Crippen LogP contribution is 2.25. The predicted molar refractivity (Wildman–Crippen MR) is 48.0 cm³/mol. The Balaban J connectivity index is 2.33. The standard InChI is InChI=1S/C9H19NO2/c1-9(2,12)6-10(3)7-4-5-8(7)11/h7-8,11-12H,4-6H2,1-3H3. The molecule has 1 aliphatic rings. The molecule has 0 aromatic rings. The highest BCUT2D eigenvalue weighted by Gasteiger charge is 2.33. The summed E-state index contributed by atoms with van der Waals surface area (Å²) in [5.74, 6) is 0. The van der Waals surface area contributed by atoms with E-state index in [1.807, 2.05) is 11.9 Å². The molecule has 2 N–H and O–H groups in total. The average molecular weight is 173 g/mol. The minimum Gasteiger partial charge on any atom is -0.391 e. The molecule has 0 heterocycles. The van der Waals surface area contributed by atoms with E-state index in [1.165, 1.54) is 0 Å². The van der Waals surface area contributed by atoms with Crippen LogP contribution in [-0.2, 0) is 0 Å². The first-order valence-corrected chi connectivity index (χ1v) is 4.51. The molecule has 0 saturated heterocycles. The van der Waals surface area contributed by atoms with Crippen LogP contribution in [0.1, 0.15) is 26.7 Å². The van der Waals surface area contributed by atoms with E-state index in [-0.39, 0.29) is 12.1 Å². The summed E-state index contributed by atoms with van der Waals surface area (Å²) in [5.41, 5.74) is -0.663. The van der Waals surface area contributed by atoms with Crippen LogP contribution in [0.2, 0.25) is 0 Å². The van der Waals surface area contributed by atoms with Crippen molar-refractivity contribution in [3.8, 4) is 0 Å². The van der Waals surface area contributed by atoms with E-state index in [0.29, 0.717) is 6.54 Å². The van der Waals surface area contributed by atoms with E-state index in [4.69, 9.17) is 0 Å². The monoisotopic (exact) mass is 173 g/mol. The van der Waals surface area contributed by atoms with Gasteiger partial charge in [0, 0.05) is 12.6 Å². The molecular weight excluding hydrogens is 154 g/mol. The predicted octanol–water partition coefficient (Wildman–Crippen LogP) is 0.212. The van der Waals surface area contributed by atoms with Gasteiger partial charge in [-0.25, -0.2) is 0 Å². The number of hydrogen-bond acceptors (Lipinski definition) is 3. The normalized spacial score (nSPS) is 30.5. The first-order valence-electron chi connectivity index (χ1n) is 4.51. The van der Waals surface area contributed by atoms with Crippen LogP contribution < -0.4 is 0 Å². The summed E-state index contributed by atoms with van der Waals surface area (Å²) in [6, 6.07) is 0.261. The molecule has 3 heteroatoms. The van der Waals surface area contributed by atoms with Crippen molar-refractivity contribution in [2.75, 3.05) is 13.6 Å². The fourth-order valence-corrected chi connectivity index (χ4v) is 1.71. The van der Waals surface area contributed by atoms with Gasteiger partial charge in [-0.3, -0.25) is 4.90 Å². The molecule has 0 aromatic heterocycles. The van der Waals surface area contributed by atoms with E-state index in [0.717, 1.165) is 12.8 Å². The number of aliphatic hydroxyl groups is 2. The molecule has 72 valence electrons. The lowest BCUT2D eigenvalue weighted by atomic mass is 9.87. The third-order valence-electron chi connectivity index (χ3n) is 2.40. The summed E-state index contributed by atoms with van der Waals surface area (Å²) < 4.78 is 0. The van der Waals surface area contributed by atoms with Gasteiger partial charge in [-0.2, -0.15) is 0 Å². The zero-order chi connectivity index (χ0) is 9.35. The Bertz CT molecular complexity index is 153. The minimum atomic E-state index is -0.663. The lowest BCUT2D eigenvalue weighted by molar-refractivity contribution is -0.0431. The molecule has 2 unspecified atom stereocenters. The maximum Gasteiger partial charge on any atom is 0.0718 e. The van der Waals surface area contributed by atoms with Crippen LogP contribution >= 0.6 is 0 Å². The van der Waals surface area contributed by atoms with Gasteiger partial charge in [0.2, 0.25) is 0 Å². The maximum absolute atomic E-state index is 9.52. The van der Waals surface area contributed by atoms with Crippen LogP contribution in [0.25, 0.3) is 0 Å². The summed E-state index contributed by atoms with van der Waals surface area (Å²) >= 11 is 0. The van der Waals surface area contributed by atoms with Gasteiger partial charge in [0.25, 0.3) is 0 Å². The van der Waals surface area contributed by atoms with Crippen molar-refractivity contribution < 1.29 is 10.2 Å². The Labute approximate surface area is 74.0 Å². The third kappa shape index (κ3) is 2.44. The number of likely N-dealkylation sites (N-methyl/N-ethyl adjacent to an activating group) is 1. The Morgan fingerprint density at radius 3 is 2.25 bits per heavy atom. The molecule has 0 aromatic carbocycles. The van der Waals surface area contributed by atoms with Crippen LogP contribution in [0.15, 0.2) is 0 Å². The van der Waals surface area contributed by atoms with Gasteiger partial charge in [0.1, 0.15) is 0 Å². The number of aliphatic hydroxyl groups excluding tert-OH is 1. The van der Waals surface area contributed by atoms with E-state index in [2.05, 4.69) is 0 Å². The first-order chi connectivity index (χ1) is 5.40. The topological polar surface area (TPSA) is 43.7 Å². The second-order valence-electron chi connectivity index (χ2n) is 4.44. The zero-order valence-corrected chi connectivity index (χ0v) is 8.12. The van der Waals surface area contributed by atoms with Gasteiger partial charge in [0.05, 0.1) is 11.7 Å². The molecule has 12 heavy (non-hydrogen) atoms. The van der Waals surface area contributed by atoms with Gasteiger partial charge in [-0.1, -0.05) is 0 Å². The Morgan fingerprint density at radius 2 is 2.00 bits per heavy atom. The highest BCUT2D eigenvalue weighted by molar-refractivity contribution is 4.89. The lowest BCUT2D eigenvalue weighted by Gasteiger charge is -2.41. The first kappa shape index (κ1) is 9.96. The summed E-state index contributed by atoms with van der Waals surface area (Å²) in [7, 11) is 1.95. The average Bonchev–Trinajstić information content (AvgIpc) is 1.79. The number of nitrogens with zero attached hydrogens (tertiary/aromatic N) is 1. The SMILES string of the molecule is CN(CC(C)(C)O)C1CCC1O. The molecular formula is C9H19NO2. The Hall–Kier alpha value is -0.120. The molecule has 0 aliphatic heterocycles. The van der Waals surface area contributed by atoms with Gasteiger partial charge in [-0.15, -0.1) is 0 Å². The Morgan fingerprint density at radius 1 is 1.42 bits per heavy atom. The van der Waals surface area contributed by atoms with E-state index < -0.39 is 5.60 Å². The lowest BCUT2D eigenvalue weighted by Crippen LogP contribution is -2.52. The molecule has 1 rings (SSSR count). The molecule has 0 radical (unpaired) electrons.